The molecule has 0 saturated heterocycles. The number of aryl methyl sites for hydroxylation is 2. The number of benzene rings is 2. The first-order chi connectivity index (χ1) is 13.4. The Morgan fingerprint density at radius 1 is 1.04 bits per heavy atom. The standard InChI is InChI=1S/C21H21N3O3S/c1-14-6-5-7-16(12-14)22-20(26)17-8-3-4-9-18(17)23-19(25)10-11-24-15(2)13-28-21(24)27/h3-9,12-13H,10-11H2,1-2H3,(H,22,26)(H,23,25). The van der Waals surface area contributed by atoms with Crippen molar-refractivity contribution < 1.29 is 9.59 Å². The minimum absolute atomic E-state index is 0.0803. The lowest BCUT2D eigenvalue weighted by Gasteiger charge is -2.12. The summed E-state index contributed by atoms with van der Waals surface area (Å²) in [6.45, 7) is 4.09. The molecular weight excluding hydrogens is 374 g/mol. The first-order valence-corrected chi connectivity index (χ1v) is 9.74. The summed E-state index contributed by atoms with van der Waals surface area (Å²) in [5, 5.41) is 7.39. The van der Waals surface area contributed by atoms with Crippen LogP contribution in [0.2, 0.25) is 0 Å². The van der Waals surface area contributed by atoms with E-state index in [9.17, 15) is 14.4 Å². The van der Waals surface area contributed by atoms with Gasteiger partial charge in [-0.3, -0.25) is 14.4 Å². The monoisotopic (exact) mass is 395 g/mol. The largest absolute Gasteiger partial charge is 0.325 e. The summed E-state index contributed by atoms with van der Waals surface area (Å²) < 4.78 is 1.57. The first kappa shape index (κ1) is 19.6. The molecule has 3 aromatic rings. The summed E-state index contributed by atoms with van der Waals surface area (Å²) in [6.07, 6.45) is 0.144. The van der Waals surface area contributed by atoms with Crippen molar-refractivity contribution in [3.05, 3.63) is 80.4 Å². The van der Waals surface area contributed by atoms with E-state index in [1.54, 1.807) is 34.2 Å². The number of amides is 2. The highest BCUT2D eigenvalue weighted by atomic mass is 32.1. The van der Waals surface area contributed by atoms with Gasteiger partial charge in [-0.05, 0) is 43.7 Å². The Bertz CT molecular complexity index is 1070. The topological polar surface area (TPSA) is 80.2 Å². The summed E-state index contributed by atoms with van der Waals surface area (Å²) in [7, 11) is 0. The van der Waals surface area contributed by atoms with Gasteiger partial charge in [-0.1, -0.05) is 35.6 Å². The van der Waals surface area contributed by atoms with Gasteiger partial charge < -0.3 is 15.2 Å². The molecule has 6 nitrogen and oxygen atoms in total. The molecule has 144 valence electrons. The van der Waals surface area contributed by atoms with Gasteiger partial charge in [0.2, 0.25) is 5.91 Å². The van der Waals surface area contributed by atoms with Crippen LogP contribution in [0.1, 0.15) is 28.0 Å². The third kappa shape index (κ3) is 4.75. The van der Waals surface area contributed by atoms with Gasteiger partial charge in [0.25, 0.3) is 5.91 Å². The molecule has 0 unspecified atom stereocenters. The predicted octanol–water partition coefficient (Wildman–Crippen LogP) is 3.81. The van der Waals surface area contributed by atoms with Gasteiger partial charge in [-0.2, -0.15) is 0 Å². The van der Waals surface area contributed by atoms with Crippen LogP contribution in [0.4, 0.5) is 11.4 Å². The fraction of sp³-hybridized carbons (Fsp3) is 0.190. The van der Waals surface area contributed by atoms with Crippen LogP contribution >= 0.6 is 11.3 Å². The van der Waals surface area contributed by atoms with E-state index >= 15 is 0 Å². The van der Waals surface area contributed by atoms with E-state index in [-0.39, 0.29) is 23.1 Å². The third-order valence-electron chi connectivity index (χ3n) is 4.26. The highest BCUT2D eigenvalue weighted by molar-refractivity contribution is 7.07. The van der Waals surface area contributed by atoms with Crippen LogP contribution in [0.3, 0.4) is 0 Å². The van der Waals surface area contributed by atoms with Crippen molar-refractivity contribution in [1.29, 1.82) is 0 Å². The zero-order valence-corrected chi connectivity index (χ0v) is 16.5. The van der Waals surface area contributed by atoms with Crippen molar-refractivity contribution >= 4 is 34.5 Å². The smallest absolute Gasteiger partial charge is 0.307 e. The van der Waals surface area contributed by atoms with Crippen molar-refractivity contribution in [2.75, 3.05) is 10.6 Å². The Morgan fingerprint density at radius 3 is 2.54 bits per heavy atom. The normalized spacial score (nSPS) is 10.5. The molecular formula is C21H21N3O3S. The van der Waals surface area contributed by atoms with E-state index < -0.39 is 0 Å². The van der Waals surface area contributed by atoms with E-state index in [0.717, 1.165) is 22.6 Å². The second-order valence-corrected chi connectivity index (χ2v) is 7.28. The molecule has 0 aliphatic heterocycles. The highest BCUT2D eigenvalue weighted by Crippen LogP contribution is 2.18. The Labute approximate surface area is 166 Å². The predicted molar refractivity (Wildman–Crippen MR) is 112 cm³/mol. The lowest BCUT2D eigenvalue weighted by atomic mass is 10.1. The number of nitrogens with zero attached hydrogens (tertiary/aromatic N) is 1. The lowest BCUT2D eigenvalue weighted by molar-refractivity contribution is -0.116. The number of nitrogens with one attached hydrogen (secondary N) is 2. The second-order valence-electron chi connectivity index (χ2n) is 6.46. The van der Waals surface area contributed by atoms with Crippen LogP contribution in [0.5, 0.6) is 0 Å². The van der Waals surface area contributed by atoms with Crippen LogP contribution in [0, 0.1) is 13.8 Å². The van der Waals surface area contributed by atoms with Crippen LogP contribution in [-0.4, -0.2) is 16.4 Å². The van der Waals surface area contributed by atoms with E-state index in [4.69, 9.17) is 0 Å². The van der Waals surface area contributed by atoms with Gasteiger partial charge in [0.1, 0.15) is 0 Å². The van der Waals surface area contributed by atoms with Crippen molar-refractivity contribution in [1.82, 2.24) is 4.57 Å². The molecule has 0 radical (unpaired) electrons. The number of para-hydroxylation sites is 1. The van der Waals surface area contributed by atoms with Crippen molar-refractivity contribution in [3.63, 3.8) is 0 Å². The number of carbonyl (C=O) groups is 2. The van der Waals surface area contributed by atoms with Gasteiger partial charge in [0.15, 0.2) is 0 Å². The fourth-order valence-electron chi connectivity index (χ4n) is 2.81. The average Bonchev–Trinajstić information content (AvgIpc) is 2.98. The van der Waals surface area contributed by atoms with E-state index in [1.807, 2.05) is 38.1 Å². The van der Waals surface area contributed by atoms with E-state index in [0.29, 0.717) is 23.5 Å². The molecule has 3 rings (SSSR count). The molecule has 7 heteroatoms. The molecule has 0 atom stereocenters. The molecule has 28 heavy (non-hydrogen) atoms. The first-order valence-electron chi connectivity index (χ1n) is 8.86. The molecule has 0 spiro atoms. The summed E-state index contributed by atoms with van der Waals surface area (Å²) in [5.41, 5.74) is 3.38. The minimum Gasteiger partial charge on any atom is -0.325 e. The lowest BCUT2D eigenvalue weighted by Crippen LogP contribution is -2.21. The van der Waals surface area contributed by atoms with Crippen molar-refractivity contribution in [3.8, 4) is 0 Å². The number of aromatic nitrogens is 1. The number of hydrogen-bond donors (Lipinski definition) is 2. The molecule has 0 bridgehead atoms. The molecule has 1 heterocycles. The van der Waals surface area contributed by atoms with Crippen LogP contribution in [0.25, 0.3) is 0 Å². The minimum atomic E-state index is -0.300. The Balaban J connectivity index is 1.68. The zero-order chi connectivity index (χ0) is 20.1. The molecule has 1 aromatic heterocycles. The molecule has 0 aliphatic carbocycles. The number of anilines is 2. The van der Waals surface area contributed by atoms with Crippen LogP contribution in [0.15, 0.2) is 58.7 Å². The van der Waals surface area contributed by atoms with E-state index in [1.165, 1.54) is 0 Å². The maximum atomic E-state index is 12.7. The Morgan fingerprint density at radius 2 is 1.82 bits per heavy atom. The quantitative estimate of drug-likeness (QED) is 0.666. The average molecular weight is 395 g/mol. The summed E-state index contributed by atoms with van der Waals surface area (Å²) in [4.78, 5) is 36.7. The SMILES string of the molecule is Cc1cccc(NC(=O)c2ccccc2NC(=O)CCn2c(C)csc2=O)c1. The highest BCUT2D eigenvalue weighted by Gasteiger charge is 2.14. The summed E-state index contributed by atoms with van der Waals surface area (Å²) >= 11 is 1.12. The fourth-order valence-corrected chi connectivity index (χ4v) is 3.57. The van der Waals surface area contributed by atoms with E-state index in [2.05, 4.69) is 10.6 Å². The van der Waals surface area contributed by atoms with Gasteiger partial charge >= 0.3 is 4.87 Å². The van der Waals surface area contributed by atoms with Crippen molar-refractivity contribution in [2.45, 2.75) is 26.8 Å². The number of thiazole rings is 1. The number of carbonyl (C=O) groups excluding carboxylic acids is 2. The van der Waals surface area contributed by atoms with Crippen LogP contribution in [-0.2, 0) is 11.3 Å². The second kappa shape index (κ2) is 8.67. The van der Waals surface area contributed by atoms with Gasteiger partial charge in [-0.15, -0.1) is 0 Å². The maximum Gasteiger partial charge on any atom is 0.307 e. The zero-order valence-electron chi connectivity index (χ0n) is 15.7. The molecule has 2 aromatic carbocycles. The van der Waals surface area contributed by atoms with Crippen LogP contribution < -0.4 is 15.5 Å². The van der Waals surface area contributed by atoms with Gasteiger partial charge in [0, 0.05) is 29.7 Å². The molecule has 0 saturated carbocycles. The summed E-state index contributed by atoms with van der Waals surface area (Å²) in [6, 6.07) is 14.4. The third-order valence-corrected chi connectivity index (χ3v) is 5.14. The Hall–Kier alpha value is -3.19. The maximum absolute atomic E-state index is 12.7. The Kier molecular flexibility index (Phi) is 6.06. The molecule has 2 amide bonds. The summed E-state index contributed by atoms with van der Waals surface area (Å²) in [5.74, 6) is -0.556. The van der Waals surface area contributed by atoms with Gasteiger partial charge in [-0.25, -0.2) is 0 Å². The number of rotatable bonds is 6. The number of hydrogen-bond acceptors (Lipinski definition) is 4. The van der Waals surface area contributed by atoms with Gasteiger partial charge in [0.05, 0.1) is 11.3 Å². The molecule has 0 fully saturated rings. The molecule has 0 aliphatic rings. The van der Waals surface area contributed by atoms with Crippen molar-refractivity contribution in [2.24, 2.45) is 0 Å². The molecule has 2 N–H and O–H groups in total.